The van der Waals surface area contributed by atoms with E-state index in [1.54, 1.807) is 0 Å². The van der Waals surface area contributed by atoms with E-state index >= 15 is 0 Å². The number of nitrogens with one attached hydrogen (secondary N) is 1. The van der Waals surface area contributed by atoms with Gasteiger partial charge in [0, 0.05) is 25.0 Å². The zero-order chi connectivity index (χ0) is 10.5. The molecular weight excluding hydrogens is 186 g/mol. The molecule has 0 spiro atoms. The average Bonchev–Trinajstić information content (AvgIpc) is 2.84. The van der Waals surface area contributed by atoms with Gasteiger partial charge in [-0.15, -0.1) is 0 Å². The first-order valence-corrected chi connectivity index (χ1v) is 6.03. The Morgan fingerprint density at radius 2 is 2.40 bits per heavy atom. The van der Waals surface area contributed by atoms with Crippen LogP contribution in [0.1, 0.15) is 32.6 Å². The summed E-state index contributed by atoms with van der Waals surface area (Å²) in [5.74, 6) is 0.927. The molecule has 0 aliphatic heterocycles. The van der Waals surface area contributed by atoms with Crippen molar-refractivity contribution in [3.63, 3.8) is 0 Å². The molecule has 0 radical (unpaired) electrons. The molecule has 1 aliphatic carbocycles. The predicted octanol–water partition coefficient (Wildman–Crippen LogP) is 2.05. The molecule has 3 nitrogen and oxygen atoms in total. The number of aryl methyl sites for hydroxylation is 1. The lowest BCUT2D eigenvalue weighted by atomic mass is 10.1. The van der Waals surface area contributed by atoms with Crippen LogP contribution in [0.25, 0.3) is 0 Å². The van der Waals surface area contributed by atoms with Gasteiger partial charge in [-0.25, -0.2) is 4.98 Å². The maximum atomic E-state index is 4.03. The lowest BCUT2D eigenvalue weighted by Crippen LogP contribution is -2.27. The van der Waals surface area contributed by atoms with E-state index in [0.717, 1.165) is 25.0 Å². The van der Waals surface area contributed by atoms with Gasteiger partial charge in [-0.1, -0.05) is 6.92 Å². The molecule has 15 heavy (non-hydrogen) atoms. The highest BCUT2D eigenvalue weighted by Crippen LogP contribution is 2.24. The predicted molar refractivity (Wildman–Crippen MR) is 61.6 cm³/mol. The fourth-order valence-corrected chi connectivity index (χ4v) is 2.38. The summed E-state index contributed by atoms with van der Waals surface area (Å²) >= 11 is 0. The van der Waals surface area contributed by atoms with Crippen LogP contribution >= 0.6 is 0 Å². The highest BCUT2D eigenvalue weighted by molar-refractivity contribution is 4.78. The number of rotatable bonds is 5. The molecule has 84 valence electrons. The van der Waals surface area contributed by atoms with Crippen LogP contribution in [0.15, 0.2) is 18.7 Å². The van der Waals surface area contributed by atoms with Crippen LogP contribution in [0.5, 0.6) is 0 Å². The van der Waals surface area contributed by atoms with E-state index in [-0.39, 0.29) is 0 Å². The minimum atomic E-state index is 0.780. The fraction of sp³-hybridized carbons (Fsp3) is 0.750. The highest BCUT2D eigenvalue weighted by atomic mass is 15.0. The van der Waals surface area contributed by atoms with Crippen molar-refractivity contribution < 1.29 is 0 Å². The van der Waals surface area contributed by atoms with Crippen LogP contribution in [-0.4, -0.2) is 22.1 Å². The summed E-state index contributed by atoms with van der Waals surface area (Å²) in [4.78, 5) is 4.03. The topological polar surface area (TPSA) is 29.9 Å². The van der Waals surface area contributed by atoms with E-state index in [9.17, 15) is 0 Å². The Morgan fingerprint density at radius 3 is 3.07 bits per heavy atom. The lowest BCUT2D eigenvalue weighted by molar-refractivity contribution is 0.481. The van der Waals surface area contributed by atoms with Gasteiger partial charge in [0.1, 0.15) is 0 Å². The van der Waals surface area contributed by atoms with E-state index in [4.69, 9.17) is 0 Å². The zero-order valence-electron chi connectivity index (χ0n) is 9.52. The van der Waals surface area contributed by atoms with E-state index in [1.165, 1.54) is 25.7 Å². The van der Waals surface area contributed by atoms with Gasteiger partial charge in [0.15, 0.2) is 0 Å². The summed E-state index contributed by atoms with van der Waals surface area (Å²) in [5.41, 5.74) is 0. The van der Waals surface area contributed by atoms with Crippen molar-refractivity contribution in [2.45, 2.75) is 45.2 Å². The molecular formula is C12H21N3. The Hall–Kier alpha value is -0.830. The number of hydrogen-bond donors (Lipinski definition) is 1. The zero-order valence-corrected chi connectivity index (χ0v) is 9.52. The smallest absolute Gasteiger partial charge is 0.0945 e. The number of aromatic nitrogens is 2. The molecule has 1 heterocycles. The third-order valence-electron chi connectivity index (χ3n) is 3.28. The van der Waals surface area contributed by atoms with Gasteiger partial charge in [0.25, 0.3) is 0 Å². The van der Waals surface area contributed by atoms with Gasteiger partial charge in [-0.2, -0.15) is 0 Å². The summed E-state index contributed by atoms with van der Waals surface area (Å²) in [6.45, 7) is 4.57. The average molecular weight is 207 g/mol. The first-order valence-electron chi connectivity index (χ1n) is 6.03. The minimum absolute atomic E-state index is 0.780. The summed E-state index contributed by atoms with van der Waals surface area (Å²) < 4.78 is 2.14. The molecule has 0 amide bonds. The lowest BCUT2D eigenvalue weighted by Gasteiger charge is -2.12. The molecule has 1 aliphatic rings. The molecule has 3 heteroatoms. The monoisotopic (exact) mass is 207 g/mol. The maximum Gasteiger partial charge on any atom is 0.0945 e. The Kier molecular flexibility index (Phi) is 3.78. The number of nitrogens with zero attached hydrogens (tertiary/aromatic N) is 2. The van der Waals surface area contributed by atoms with Crippen LogP contribution in [0, 0.1) is 5.92 Å². The molecule has 2 unspecified atom stereocenters. The van der Waals surface area contributed by atoms with Crippen molar-refractivity contribution in [2.75, 3.05) is 6.54 Å². The molecule has 1 saturated carbocycles. The Labute approximate surface area is 91.9 Å². The second-order valence-electron chi connectivity index (χ2n) is 4.72. The van der Waals surface area contributed by atoms with Gasteiger partial charge in [-0.3, -0.25) is 0 Å². The van der Waals surface area contributed by atoms with Gasteiger partial charge >= 0.3 is 0 Å². The van der Waals surface area contributed by atoms with Crippen molar-refractivity contribution in [3.8, 4) is 0 Å². The summed E-state index contributed by atoms with van der Waals surface area (Å²) in [6, 6.07) is 0.780. The van der Waals surface area contributed by atoms with E-state index in [1.807, 2.05) is 18.7 Å². The first-order chi connectivity index (χ1) is 7.34. The van der Waals surface area contributed by atoms with E-state index in [0.29, 0.717) is 0 Å². The van der Waals surface area contributed by atoms with Gasteiger partial charge < -0.3 is 9.88 Å². The third kappa shape index (κ3) is 3.34. The van der Waals surface area contributed by atoms with Crippen LogP contribution < -0.4 is 5.32 Å². The van der Waals surface area contributed by atoms with Crippen LogP contribution in [-0.2, 0) is 6.54 Å². The van der Waals surface area contributed by atoms with Gasteiger partial charge in [0.05, 0.1) is 6.33 Å². The first kappa shape index (κ1) is 10.7. The van der Waals surface area contributed by atoms with Crippen LogP contribution in [0.3, 0.4) is 0 Å². The molecule has 0 saturated heterocycles. The fourth-order valence-electron chi connectivity index (χ4n) is 2.38. The third-order valence-corrected chi connectivity index (χ3v) is 3.28. The van der Waals surface area contributed by atoms with E-state index in [2.05, 4.69) is 21.8 Å². The molecule has 1 N–H and O–H groups in total. The van der Waals surface area contributed by atoms with Crippen molar-refractivity contribution in [1.82, 2.24) is 14.9 Å². The molecule has 0 aromatic carbocycles. The summed E-state index contributed by atoms with van der Waals surface area (Å²) in [5, 5.41) is 3.64. The van der Waals surface area contributed by atoms with Crippen LogP contribution in [0.2, 0.25) is 0 Å². The van der Waals surface area contributed by atoms with Gasteiger partial charge in [0.2, 0.25) is 0 Å². The summed E-state index contributed by atoms with van der Waals surface area (Å²) in [6.07, 6.45) is 11.1. The van der Waals surface area contributed by atoms with Crippen molar-refractivity contribution >= 4 is 0 Å². The standard InChI is InChI=1S/C12H21N3/c1-11-3-4-12(9-11)14-5-2-7-15-8-6-13-10-15/h6,8,10-12,14H,2-5,7,9H2,1H3. The normalized spacial score (nSPS) is 25.9. The molecule has 2 atom stereocenters. The van der Waals surface area contributed by atoms with Crippen molar-refractivity contribution in [3.05, 3.63) is 18.7 Å². The number of hydrogen-bond acceptors (Lipinski definition) is 2. The minimum Gasteiger partial charge on any atom is -0.337 e. The number of imidazole rings is 1. The molecule has 1 aromatic heterocycles. The Balaban J connectivity index is 1.55. The molecule has 0 bridgehead atoms. The second kappa shape index (κ2) is 5.31. The van der Waals surface area contributed by atoms with Crippen molar-refractivity contribution in [1.29, 1.82) is 0 Å². The largest absolute Gasteiger partial charge is 0.337 e. The second-order valence-corrected chi connectivity index (χ2v) is 4.72. The van der Waals surface area contributed by atoms with Crippen LogP contribution in [0.4, 0.5) is 0 Å². The maximum absolute atomic E-state index is 4.03. The van der Waals surface area contributed by atoms with Gasteiger partial charge in [-0.05, 0) is 38.1 Å². The molecule has 1 fully saturated rings. The Bertz CT molecular complexity index is 268. The van der Waals surface area contributed by atoms with Crippen molar-refractivity contribution in [2.24, 2.45) is 5.92 Å². The SMILES string of the molecule is CC1CCC(NCCCn2ccnc2)C1. The highest BCUT2D eigenvalue weighted by Gasteiger charge is 2.19. The quantitative estimate of drug-likeness (QED) is 0.749. The molecule has 2 rings (SSSR count). The Morgan fingerprint density at radius 1 is 1.47 bits per heavy atom. The van der Waals surface area contributed by atoms with E-state index < -0.39 is 0 Å². The summed E-state index contributed by atoms with van der Waals surface area (Å²) in [7, 11) is 0. The molecule has 1 aromatic rings.